The van der Waals surface area contributed by atoms with Gasteiger partial charge in [-0.3, -0.25) is 9.59 Å². The number of benzene rings is 1. The monoisotopic (exact) mass is 328 g/mol. The van der Waals surface area contributed by atoms with E-state index in [1.54, 1.807) is 19.0 Å². The van der Waals surface area contributed by atoms with Gasteiger partial charge < -0.3 is 9.80 Å². The lowest BCUT2D eigenvalue weighted by Gasteiger charge is -2.26. The van der Waals surface area contributed by atoms with Crippen LogP contribution in [0.2, 0.25) is 0 Å². The highest BCUT2D eigenvalue weighted by Gasteiger charge is 2.25. The molecule has 0 N–H and O–H groups in total. The van der Waals surface area contributed by atoms with Crippen molar-refractivity contribution < 1.29 is 9.59 Å². The molecule has 3 rings (SSSR count). The van der Waals surface area contributed by atoms with Crippen molar-refractivity contribution >= 4 is 23.2 Å². The molecule has 2 aliphatic rings. The second-order valence-corrected chi connectivity index (χ2v) is 6.45. The first-order valence-corrected chi connectivity index (χ1v) is 8.48. The van der Waals surface area contributed by atoms with Crippen molar-refractivity contribution in [3.63, 3.8) is 0 Å². The number of amides is 2. The molecule has 6 nitrogen and oxygen atoms in total. The number of rotatable bonds is 4. The van der Waals surface area contributed by atoms with Crippen molar-refractivity contribution in [1.82, 2.24) is 9.91 Å². The summed E-state index contributed by atoms with van der Waals surface area (Å²) in [5, 5.41) is 5.39. The Balaban J connectivity index is 1.73. The lowest BCUT2D eigenvalue weighted by molar-refractivity contribution is -0.130. The average molecular weight is 328 g/mol. The van der Waals surface area contributed by atoms with Crippen molar-refractivity contribution in [3.8, 4) is 0 Å². The summed E-state index contributed by atoms with van der Waals surface area (Å²) >= 11 is 0. The molecule has 0 unspecified atom stereocenters. The van der Waals surface area contributed by atoms with Crippen LogP contribution < -0.4 is 4.90 Å². The van der Waals surface area contributed by atoms with Gasteiger partial charge in [-0.25, -0.2) is 5.01 Å². The van der Waals surface area contributed by atoms with E-state index in [9.17, 15) is 9.59 Å². The summed E-state index contributed by atoms with van der Waals surface area (Å²) in [6, 6.07) is 8.27. The zero-order chi connectivity index (χ0) is 17.1. The molecule has 0 radical (unpaired) electrons. The van der Waals surface area contributed by atoms with Crippen molar-refractivity contribution in [2.75, 3.05) is 32.1 Å². The topological polar surface area (TPSA) is 56.2 Å². The molecule has 1 aromatic rings. The summed E-state index contributed by atoms with van der Waals surface area (Å²) < 4.78 is 0. The van der Waals surface area contributed by atoms with E-state index in [2.05, 4.69) is 22.1 Å². The third kappa shape index (κ3) is 3.42. The summed E-state index contributed by atoms with van der Waals surface area (Å²) in [6.45, 7) is 2.70. The van der Waals surface area contributed by atoms with Gasteiger partial charge >= 0.3 is 0 Å². The van der Waals surface area contributed by atoms with Crippen molar-refractivity contribution in [2.24, 2.45) is 5.10 Å². The van der Waals surface area contributed by atoms with E-state index in [0.29, 0.717) is 25.1 Å². The van der Waals surface area contributed by atoms with E-state index < -0.39 is 0 Å². The molecule has 0 aliphatic carbocycles. The van der Waals surface area contributed by atoms with Crippen LogP contribution in [0.15, 0.2) is 29.4 Å². The summed E-state index contributed by atoms with van der Waals surface area (Å²) in [5.41, 5.74) is 2.82. The predicted octanol–water partition coefficient (Wildman–Crippen LogP) is 1.85. The molecule has 1 fully saturated rings. The maximum Gasteiger partial charge on any atom is 0.270 e. The van der Waals surface area contributed by atoms with E-state index in [1.807, 2.05) is 12.1 Å². The van der Waals surface area contributed by atoms with Crippen LogP contribution in [0.25, 0.3) is 0 Å². The summed E-state index contributed by atoms with van der Waals surface area (Å²) in [5.74, 6) is -0.154. The third-order valence-electron chi connectivity index (χ3n) is 4.65. The van der Waals surface area contributed by atoms with E-state index in [1.165, 1.54) is 23.5 Å². The molecule has 6 heteroatoms. The molecular formula is C18H24N4O2. The third-order valence-corrected chi connectivity index (χ3v) is 4.65. The van der Waals surface area contributed by atoms with Crippen LogP contribution in [0.3, 0.4) is 0 Å². The molecule has 0 bridgehead atoms. The molecule has 1 aromatic carbocycles. The highest BCUT2D eigenvalue weighted by Crippen LogP contribution is 2.25. The van der Waals surface area contributed by atoms with Gasteiger partial charge in [0.15, 0.2) is 0 Å². The number of hydrogen-bond donors (Lipinski definition) is 0. The second-order valence-electron chi connectivity index (χ2n) is 6.45. The zero-order valence-corrected chi connectivity index (χ0v) is 14.4. The molecule has 0 aromatic heterocycles. The Hall–Kier alpha value is -2.37. The zero-order valence-electron chi connectivity index (χ0n) is 14.4. The smallest absolute Gasteiger partial charge is 0.270 e. The van der Waals surface area contributed by atoms with Gasteiger partial charge in [0.2, 0.25) is 5.91 Å². The summed E-state index contributed by atoms with van der Waals surface area (Å²) in [6.07, 6.45) is 3.21. The largest absolute Gasteiger partial charge is 0.371 e. The van der Waals surface area contributed by atoms with E-state index in [0.717, 1.165) is 18.7 Å². The minimum Gasteiger partial charge on any atom is -0.371 e. The number of anilines is 1. The summed E-state index contributed by atoms with van der Waals surface area (Å²) in [4.78, 5) is 28.2. The van der Waals surface area contributed by atoms with Gasteiger partial charge in [-0.15, -0.1) is 0 Å². The minimum atomic E-state index is -0.106. The highest BCUT2D eigenvalue weighted by molar-refractivity contribution is 6.39. The van der Waals surface area contributed by atoms with E-state index >= 15 is 0 Å². The first-order valence-electron chi connectivity index (χ1n) is 8.48. The molecule has 0 spiro atoms. The summed E-state index contributed by atoms with van der Waals surface area (Å²) in [7, 11) is 3.39. The molecule has 1 saturated heterocycles. The fraction of sp³-hybridized carbons (Fsp3) is 0.500. The maximum absolute atomic E-state index is 12.6. The Morgan fingerprint density at radius 3 is 2.62 bits per heavy atom. The van der Waals surface area contributed by atoms with Gasteiger partial charge in [0, 0.05) is 52.3 Å². The minimum absolute atomic E-state index is 0.0476. The first-order chi connectivity index (χ1) is 11.6. The van der Waals surface area contributed by atoms with E-state index in [-0.39, 0.29) is 11.8 Å². The molecule has 0 saturated carbocycles. The van der Waals surface area contributed by atoms with E-state index in [4.69, 9.17) is 0 Å². The molecule has 0 atom stereocenters. The van der Waals surface area contributed by atoms with Gasteiger partial charge in [-0.1, -0.05) is 18.2 Å². The lowest BCUT2D eigenvalue weighted by atomic mass is 10.1. The number of carbonyl (C=O) groups excluding carboxylic acids is 2. The van der Waals surface area contributed by atoms with Crippen molar-refractivity contribution in [2.45, 2.75) is 32.2 Å². The Morgan fingerprint density at radius 1 is 1.21 bits per heavy atom. The quantitative estimate of drug-likeness (QED) is 0.848. The van der Waals surface area contributed by atoms with Crippen LogP contribution in [-0.4, -0.2) is 54.6 Å². The van der Waals surface area contributed by atoms with Gasteiger partial charge in [0.1, 0.15) is 5.71 Å². The van der Waals surface area contributed by atoms with Crippen LogP contribution >= 0.6 is 0 Å². The number of nitrogens with zero attached hydrogens (tertiary/aromatic N) is 4. The Morgan fingerprint density at radius 2 is 1.92 bits per heavy atom. The van der Waals surface area contributed by atoms with Gasteiger partial charge in [0.05, 0.1) is 0 Å². The van der Waals surface area contributed by atoms with Crippen molar-refractivity contribution in [1.29, 1.82) is 0 Å². The van der Waals surface area contributed by atoms with Crippen LogP contribution in [0, 0.1) is 0 Å². The van der Waals surface area contributed by atoms with Crippen LogP contribution in [0.4, 0.5) is 5.69 Å². The fourth-order valence-corrected chi connectivity index (χ4v) is 3.28. The number of para-hydroxylation sites is 1. The predicted molar refractivity (Wildman–Crippen MR) is 93.8 cm³/mol. The van der Waals surface area contributed by atoms with Crippen LogP contribution in [0.1, 0.15) is 31.2 Å². The number of carbonyl (C=O) groups is 2. The molecule has 2 amide bonds. The lowest BCUT2D eigenvalue weighted by Crippen LogP contribution is -2.38. The van der Waals surface area contributed by atoms with Gasteiger partial charge in [-0.2, -0.15) is 5.10 Å². The number of hydrazone groups is 1. The Labute approximate surface area is 142 Å². The molecule has 24 heavy (non-hydrogen) atoms. The first kappa shape index (κ1) is 16.5. The van der Waals surface area contributed by atoms with Crippen LogP contribution in [0.5, 0.6) is 0 Å². The van der Waals surface area contributed by atoms with Gasteiger partial charge in [0.25, 0.3) is 5.91 Å². The highest BCUT2D eigenvalue weighted by atomic mass is 16.2. The van der Waals surface area contributed by atoms with Gasteiger partial charge in [-0.05, 0) is 24.5 Å². The standard InChI is InChI=1S/C18H24N4O2/c1-20(18(24)15-9-10-17(23)21(2)19-15)13-14-7-3-4-8-16(14)22-11-5-6-12-22/h3-4,7-8H,5-6,9-13H2,1-2H3. The maximum atomic E-state index is 12.6. The Bertz CT molecular complexity index is 665. The molecular weight excluding hydrogens is 304 g/mol. The Kier molecular flexibility index (Phi) is 4.83. The SMILES string of the molecule is CN(Cc1ccccc1N1CCCC1)C(=O)C1=NN(C)C(=O)CC1. The average Bonchev–Trinajstić information content (AvgIpc) is 3.11. The molecule has 128 valence electrons. The molecule has 2 heterocycles. The number of hydrogen-bond acceptors (Lipinski definition) is 4. The van der Waals surface area contributed by atoms with Crippen molar-refractivity contribution in [3.05, 3.63) is 29.8 Å². The molecule has 2 aliphatic heterocycles. The normalized spacial score (nSPS) is 17.9. The second kappa shape index (κ2) is 7.03. The fourth-order valence-electron chi connectivity index (χ4n) is 3.28. The van der Waals surface area contributed by atoms with Crippen LogP contribution in [-0.2, 0) is 16.1 Å².